The van der Waals surface area contributed by atoms with Crippen LogP contribution < -0.4 is 15.4 Å². The smallest absolute Gasteiger partial charge is 0.228 e. The third-order valence-corrected chi connectivity index (χ3v) is 6.33. The number of nitrogens with one attached hydrogen (secondary N) is 3. The van der Waals surface area contributed by atoms with Crippen molar-refractivity contribution in [1.82, 2.24) is 15.0 Å². The fraction of sp³-hybridized carbons (Fsp3) is 0.450. The Labute approximate surface area is 181 Å². The van der Waals surface area contributed by atoms with E-state index in [4.69, 9.17) is 0 Å². The van der Waals surface area contributed by atoms with E-state index in [-0.39, 0.29) is 42.5 Å². The van der Waals surface area contributed by atoms with Crippen molar-refractivity contribution in [3.05, 3.63) is 46.5 Å². The first-order valence-electron chi connectivity index (χ1n) is 9.64. The molecule has 0 radical (unpaired) electrons. The number of rotatable bonds is 10. The molecule has 3 N–H and O–H groups in total. The topological polar surface area (TPSA) is 117 Å². The fourth-order valence-corrected chi connectivity index (χ4v) is 4.80. The fourth-order valence-electron chi connectivity index (χ4n) is 2.59. The van der Waals surface area contributed by atoms with Crippen LogP contribution in [0, 0.1) is 5.92 Å². The van der Waals surface area contributed by atoms with Gasteiger partial charge >= 0.3 is 0 Å². The molecule has 0 saturated carbocycles. The minimum absolute atomic E-state index is 0.0728. The highest BCUT2D eigenvalue weighted by Gasteiger charge is 2.16. The molecule has 2 aromatic rings. The summed E-state index contributed by atoms with van der Waals surface area (Å²) in [5, 5.41) is 7.71. The molecule has 0 unspecified atom stereocenters. The largest absolute Gasteiger partial charge is 0.352 e. The summed E-state index contributed by atoms with van der Waals surface area (Å²) in [5.41, 5.74) is 1.94. The normalized spacial score (nSPS) is 11.7. The molecule has 8 nitrogen and oxygen atoms in total. The molecular weight excluding hydrogens is 424 g/mol. The number of sulfonamides is 1. The van der Waals surface area contributed by atoms with Crippen LogP contribution in [0.25, 0.3) is 0 Å². The van der Waals surface area contributed by atoms with Gasteiger partial charge < -0.3 is 10.6 Å². The van der Waals surface area contributed by atoms with Crippen molar-refractivity contribution < 1.29 is 18.0 Å². The van der Waals surface area contributed by atoms with Gasteiger partial charge in [-0.2, -0.15) is 0 Å². The summed E-state index contributed by atoms with van der Waals surface area (Å²) >= 11 is 1.27. The predicted octanol–water partition coefficient (Wildman–Crippen LogP) is 2.42. The van der Waals surface area contributed by atoms with Gasteiger partial charge in [0.2, 0.25) is 21.8 Å². The van der Waals surface area contributed by atoms with Crippen LogP contribution in [0.4, 0.5) is 5.13 Å². The number of nitrogens with zero attached hydrogens (tertiary/aromatic N) is 1. The summed E-state index contributed by atoms with van der Waals surface area (Å²) in [4.78, 5) is 28.3. The van der Waals surface area contributed by atoms with E-state index in [0.29, 0.717) is 16.4 Å². The lowest BCUT2D eigenvalue weighted by Gasteiger charge is -2.13. The van der Waals surface area contributed by atoms with Crippen LogP contribution in [0.15, 0.2) is 29.6 Å². The molecule has 164 valence electrons. The Morgan fingerprint density at radius 2 is 1.77 bits per heavy atom. The van der Waals surface area contributed by atoms with E-state index in [1.165, 1.54) is 11.3 Å². The van der Waals surface area contributed by atoms with Crippen molar-refractivity contribution in [3.8, 4) is 0 Å². The standard InChI is InChI=1S/C20H28N4O4S2/c1-13(2)19(26)23-20-22-17(11-29-20)9-18(25)21-10-15-7-5-6-8-16(15)12-30(27,28)24-14(3)4/h5-8,11,13-14,24H,9-10,12H2,1-4H3,(H,21,25)(H,22,23,26). The van der Waals surface area contributed by atoms with Crippen LogP contribution in [0.1, 0.15) is 44.5 Å². The number of hydrogen-bond donors (Lipinski definition) is 3. The van der Waals surface area contributed by atoms with Gasteiger partial charge in [-0.05, 0) is 25.0 Å². The van der Waals surface area contributed by atoms with Crippen LogP contribution in [0.2, 0.25) is 0 Å². The molecule has 0 fully saturated rings. The number of anilines is 1. The maximum Gasteiger partial charge on any atom is 0.228 e. The molecule has 0 bridgehead atoms. The Balaban J connectivity index is 1.94. The van der Waals surface area contributed by atoms with E-state index in [0.717, 1.165) is 5.56 Å². The lowest BCUT2D eigenvalue weighted by atomic mass is 10.1. The maximum absolute atomic E-state index is 12.3. The molecule has 1 aromatic carbocycles. The van der Waals surface area contributed by atoms with Gasteiger partial charge in [0.05, 0.1) is 17.9 Å². The van der Waals surface area contributed by atoms with Crippen LogP contribution in [-0.4, -0.2) is 31.3 Å². The molecule has 0 atom stereocenters. The average Bonchev–Trinajstić information content (AvgIpc) is 3.06. The van der Waals surface area contributed by atoms with Gasteiger partial charge in [-0.1, -0.05) is 38.1 Å². The third kappa shape index (κ3) is 7.85. The first-order chi connectivity index (χ1) is 14.1. The van der Waals surface area contributed by atoms with Crippen molar-refractivity contribution in [1.29, 1.82) is 0 Å². The molecule has 0 aliphatic rings. The Morgan fingerprint density at radius 1 is 1.10 bits per heavy atom. The average molecular weight is 453 g/mol. The highest BCUT2D eigenvalue weighted by molar-refractivity contribution is 7.88. The van der Waals surface area contributed by atoms with Crippen LogP contribution in [-0.2, 0) is 38.3 Å². The molecule has 0 saturated heterocycles. The van der Waals surface area contributed by atoms with Crippen molar-refractivity contribution >= 4 is 38.3 Å². The van der Waals surface area contributed by atoms with E-state index in [1.54, 1.807) is 57.3 Å². The van der Waals surface area contributed by atoms with Gasteiger partial charge in [-0.15, -0.1) is 11.3 Å². The highest BCUT2D eigenvalue weighted by atomic mass is 32.2. The summed E-state index contributed by atoms with van der Waals surface area (Å²) in [6.45, 7) is 7.33. The minimum Gasteiger partial charge on any atom is -0.352 e. The van der Waals surface area contributed by atoms with E-state index in [1.807, 2.05) is 0 Å². The van der Waals surface area contributed by atoms with Gasteiger partial charge in [0.25, 0.3) is 0 Å². The molecule has 0 aliphatic heterocycles. The highest BCUT2D eigenvalue weighted by Crippen LogP contribution is 2.17. The second-order valence-corrected chi connectivity index (χ2v) is 10.2. The third-order valence-electron chi connectivity index (χ3n) is 4.00. The minimum atomic E-state index is -3.46. The first kappa shape index (κ1) is 24.0. The lowest BCUT2D eigenvalue weighted by molar-refractivity contribution is -0.120. The lowest BCUT2D eigenvalue weighted by Crippen LogP contribution is -2.32. The first-order valence-corrected chi connectivity index (χ1v) is 12.2. The van der Waals surface area contributed by atoms with E-state index in [2.05, 4.69) is 20.3 Å². The van der Waals surface area contributed by atoms with Gasteiger partial charge in [0.1, 0.15) is 0 Å². The number of carbonyl (C=O) groups is 2. The van der Waals surface area contributed by atoms with Gasteiger partial charge in [0, 0.05) is 23.9 Å². The Hall–Kier alpha value is -2.30. The van der Waals surface area contributed by atoms with Crippen molar-refractivity contribution in [2.24, 2.45) is 5.92 Å². The van der Waals surface area contributed by atoms with Gasteiger partial charge in [0.15, 0.2) is 5.13 Å². The molecule has 2 amide bonds. The molecule has 10 heteroatoms. The van der Waals surface area contributed by atoms with Crippen molar-refractivity contribution in [2.75, 3.05) is 5.32 Å². The van der Waals surface area contributed by atoms with Crippen LogP contribution >= 0.6 is 11.3 Å². The maximum atomic E-state index is 12.3. The predicted molar refractivity (Wildman–Crippen MR) is 118 cm³/mol. The Morgan fingerprint density at radius 3 is 2.40 bits per heavy atom. The van der Waals surface area contributed by atoms with Crippen molar-refractivity contribution in [3.63, 3.8) is 0 Å². The van der Waals surface area contributed by atoms with Crippen LogP contribution in [0.5, 0.6) is 0 Å². The molecule has 1 heterocycles. The summed E-state index contributed by atoms with van der Waals surface area (Å²) in [5.74, 6) is -0.665. The van der Waals surface area contributed by atoms with E-state index >= 15 is 0 Å². The second-order valence-electron chi connectivity index (χ2n) is 7.54. The SMILES string of the molecule is CC(C)NS(=O)(=O)Cc1ccccc1CNC(=O)Cc1csc(NC(=O)C(C)C)n1. The number of aromatic nitrogens is 1. The number of hydrogen-bond acceptors (Lipinski definition) is 6. The Kier molecular flexibility index (Phi) is 8.51. The van der Waals surface area contributed by atoms with Gasteiger partial charge in [-0.3, -0.25) is 9.59 Å². The van der Waals surface area contributed by atoms with Gasteiger partial charge in [-0.25, -0.2) is 18.1 Å². The molecule has 1 aromatic heterocycles. The molecule has 0 aliphatic carbocycles. The molecule has 0 spiro atoms. The number of thiazole rings is 1. The second kappa shape index (κ2) is 10.6. The number of amides is 2. The quantitative estimate of drug-likeness (QED) is 0.512. The zero-order valence-corrected chi connectivity index (χ0v) is 19.2. The molecule has 2 rings (SSSR count). The molecule has 30 heavy (non-hydrogen) atoms. The van der Waals surface area contributed by atoms with Crippen LogP contribution in [0.3, 0.4) is 0 Å². The van der Waals surface area contributed by atoms with E-state index in [9.17, 15) is 18.0 Å². The van der Waals surface area contributed by atoms with E-state index < -0.39 is 10.0 Å². The summed E-state index contributed by atoms with van der Waals surface area (Å²) in [6, 6.07) is 6.93. The summed E-state index contributed by atoms with van der Waals surface area (Å²) in [6.07, 6.45) is 0.0728. The number of carbonyl (C=O) groups excluding carboxylic acids is 2. The zero-order valence-electron chi connectivity index (χ0n) is 17.6. The zero-order chi connectivity index (χ0) is 22.3. The van der Waals surface area contributed by atoms with Crippen molar-refractivity contribution in [2.45, 2.75) is 52.5 Å². The molecular formula is C20H28N4O4S2. The monoisotopic (exact) mass is 452 g/mol. The summed E-state index contributed by atoms with van der Waals surface area (Å²) < 4.78 is 27.0. The Bertz CT molecular complexity index is 984. The summed E-state index contributed by atoms with van der Waals surface area (Å²) in [7, 11) is -3.46. The number of benzene rings is 1.